The van der Waals surface area contributed by atoms with Gasteiger partial charge in [0.1, 0.15) is 8.07 Å². The Hall–Kier alpha value is -1.08. The summed E-state index contributed by atoms with van der Waals surface area (Å²) in [6.45, 7) is 9.69. The largest absolute Gasteiger partial charge is 0.115 e. The van der Waals surface area contributed by atoms with Crippen molar-refractivity contribution in [2.24, 2.45) is 5.92 Å². The first kappa shape index (κ1) is 29.1. The van der Waals surface area contributed by atoms with Crippen LogP contribution in [0.4, 0.5) is 0 Å². The minimum absolute atomic E-state index is 0.648. The first-order valence-corrected chi connectivity index (χ1v) is 17.8. The second-order valence-electron chi connectivity index (χ2n) is 11.4. The molecule has 0 N–H and O–H groups in total. The molecule has 1 aromatic carbocycles. The highest BCUT2D eigenvalue weighted by Crippen LogP contribution is 2.36. The average molecular weight is 481 g/mol. The number of unbranched alkanes of at least 4 members (excludes halogenated alkanes) is 15. The van der Waals surface area contributed by atoms with Gasteiger partial charge < -0.3 is 0 Å². The van der Waals surface area contributed by atoms with Crippen molar-refractivity contribution in [2.75, 3.05) is 0 Å². The number of hydrogen-bond acceptors (Lipinski definition) is 0. The second-order valence-corrected chi connectivity index (χ2v) is 15.7. The first-order valence-electron chi connectivity index (χ1n) is 15.1. The van der Waals surface area contributed by atoms with Gasteiger partial charge in [-0.15, -0.1) is 0 Å². The Morgan fingerprint density at radius 3 is 1.59 bits per heavy atom. The molecule has 1 atom stereocenters. The summed E-state index contributed by atoms with van der Waals surface area (Å²) in [5.41, 5.74) is 1.65. The van der Waals surface area contributed by atoms with Crippen LogP contribution in [0, 0.1) is 5.92 Å². The van der Waals surface area contributed by atoms with Crippen LogP contribution in [0.1, 0.15) is 130 Å². The van der Waals surface area contributed by atoms with Gasteiger partial charge in [-0.25, -0.2) is 0 Å². The molecule has 0 radical (unpaired) electrons. The van der Waals surface area contributed by atoms with E-state index in [-0.39, 0.29) is 0 Å². The third-order valence-electron chi connectivity index (χ3n) is 8.13. The molecule has 1 heteroatoms. The molecule has 0 aromatic heterocycles. The zero-order valence-corrected chi connectivity index (χ0v) is 24.3. The summed E-state index contributed by atoms with van der Waals surface area (Å²) in [5.74, 6) is 0.648. The molecular weight excluding hydrogens is 424 g/mol. The number of rotatable bonds is 20. The van der Waals surface area contributed by atoms with Gasteiger partial charge in [0, 0.05) is 0 Å². The van der Waals surface area contributed by atoms with Gasteiger partial charge in [0.2, 0.25) is 0 Å². The minimum Gasteiger partial charge on any atom is -0.0808 e. The van der Waals surface area contributed by atoms with E-state index in [2.05, 4.69) is 69.8 Å². The van der Waals surface area contributed by atoms with Crippen LogP contribution in [0.2, 0.25) is 12.6 Å². The van der Waals surface area contributed by atoms with E-state index in [9.17, 15) is 0 Å². The minimum atomic E-state index is -1.63. The molecular formula is C33H56Si. The van der Waals surface area contributed by atoms with E-state index in [0.29, 0.717) is 5.92 Å². The number of benzene rings is 1. The highest BCUT2D eigenvalue weighted by molar-refractivity contribution is 6.97. The van der Waals surface area contributed by atoms with Crippen LogP contribution in [0.25, 0.3) is 0 Å². The van der Waals surface area contributed by atoms with Crippen molar-refractivity contribution in [2.45, 2.75) is 143 Å². The van der Waals surface area contributed by atoms with Crippen molar-refractivity contribution < 1.29 is 0 Å². The summed E-state index contributed by atoms with van der Waals surface area (Å²) in [6, 6.07) is 12.9. The SMILES string of the molecule is CCCCCCCCCCCCCCCCCC[Si](C)(C1=CCC=C1C(C)C)c1ccccc1. The van der Waals surface area contributed by atoms with Crippen molar-refractivity contribution in [1.82, 2.24) is 0 Å². The lowest BCUT2D eigenvalue weighted by Gasteiger charge is -2.33. The van der Waals surface area contributed by atoms with Gasteiger partial charge in [0.05, 0.1) is 0 Å². The van der Waals surface area contributed by atoms with Crippen molar-refractivity contribution >= 4 is 13.3 Å². The Morgan fingerprint density at radius 2 is 1.12 bits per heavy atom. The molecule has 0 aliphatic heterocycles. The maximum atomic E-state index is 2.64. The van der Waals surface area contributed by atoms with Crippen molar-refractivity contribution in [1.29, 1.82) is 0 Å². The lowest BCUT2D eigenvalue weighted by molar-refractivity contribution is 0.531. The maximum absolute atomic E-state index is 2.64. The third-order valence-corrected chi connectivity index (χ3v) is 12.8. The normalized spacial score (nSPS) is 15.4. The summed E-state index contributed by atoms with van der Waals surface area (Å²) < 4.78 is 0. The molecule has 0 spiro atoms. The molecule has 0 fully saturated rings. The standard InChI is InChI=1S/C33H56Si/c1-5-6-7-8-9-10-11-12-13-14-15-16-17-18-19-23-29-34(4,31-25-21-20-22-26-31)33-28-24-27-32(33)30(2)3/h20-22,25-28,30H,5-19,23-24,29H2,1-4H3. The summed E-state index contributed by atoms with van der Waals surface area (Å²) in [4.78, 5) is 0. The fourth-order valence-corrected chi connectivity index (χ4v) is 10.2. The van der Waals surface area contributed by atoms with Gasteiger partial charge in [0.15, 0.2) is 0 Å². The maximum Gasteiger partial charge on any atom is 0.115 e. The highest BCUT2D eigenvalue weighted by Gasteiger charge is 2.36. The fraction of sp³-hybridized carbons (Fsp3) is 0.697. The first-order chi connectivity index (χ1) is 16.6. The van der Waals surface area contributed by atoms with Gasteiger partial charge in [-0.2, -0.15) is 0 Å². The smallest absolute Gasteiger partial charge is 0.0808 e. The van der Waals surface area contributed by atoms with E-state index in [1.807, 2.05) is 0 Å². The molecule has 0 saturated heterocycles. The zero-order valence-electron chi connectivity index (χ0n) is 23.3. The van der Waals surface area contributed by atoms with E-state index in [1.54, 1.807) is 16.0 Å². The van der Waals surface area contributed by atoms with Crippen molar-refractivity contribution in [3.8, 4) is 0 Å². The summed E-state index contributed by atoms with van der Waals surface area (Å²) in [6.07, 6.45) is 29.4. The Bertz CT molecular complexity index is 699. The Labute approximate surface area is 214 Å². The lowest BCUT2D eigenvalue weighted by atomic mass is 10.0. The summed E-state index contributed by atoms with van der Waals surface area (Å²) in [5, 5.41) is 3.38. The molecule has 1 aliphatic carbocycles. The third kappa shape index (κ3) is 10.3. The molecule has 2 rings (SSSR count). The van der Waals surface area contributed by atoms with E-state index in [1.165, 1.54) is 109 Å². The molecule has 0 amide bonds. The van der Waals surface area contributed by atoms with Crippen LogP contribution >= 0.6 is 0 Å². The van der Waals surface area contributed by atoms with E-state index < -0.39 is 8.07 Å². The Kier molecular flexibility index (Phi) is 14.9. The zero-order chi connectivity index (χ0) is 24.5. The molecule has 34 heavy (non-hydrogen) atoms. The predicted octanol–water partition coefficient (Wildman–Crippen LogP) is 10.7. The van der Waals surface area contributed by atoms with Crippen LogP contribution in [-0.2, 0) is 0 Å². The quantitative estimate of drug-likeness (QED) is 0.128. The van der Waals surface area contributed by atoms with Crippen LogP contribution in [0.5, 0.6) is 0 Å². The average Bonchev–Trinajstić information content (AvgIpc) is 3.35. The molecule has 0 bridgehead atoms. The van der Waals surface area contributed by atoms with Gasteiger partial charge in [-0.1, -0.05) is 183 Å². The van der Waals surface area contributed by atoms with Crippen LogP contribution in [0.15, 0.2) is 53.3 Å². The molecule has 1 aromatic rings. The van der Waals surface area contributed by atoms with Crippen molar-refractivity contribution in [3.63, 3.8) is 0 Å². The van der Waals surface area contributed by atoms with Gasteiger partial charge in [-0.3, -0.25) is 0 Å². The van der Waals surface area contributed by atoms with Gasteiger partial charge in [-0.05, 0) is 24.0 Å². The van der Waals surface area contributed by atoms with Crippen LogP contribution in [-0.4, -0.2) is 8.07 Å². The molecule has 1 aliphatic rings. The second kappa shape index (κ2) is 17.4. The fourth-order valence-electron chi connectivity index (χ4n) is 5.89. The van der Waals surface area contributed by atoms with Gasteiger partial charge in [0.25, 0.3) is 0 Å². The lowest BCUT2D eigenvalue weighted by Crippen LogP contribution is -2.47. The molecule has 1 unspecified atom stereocenters. The monoisotopic (exact) mass is 480 g/mol. The van der Waals surface area contributed by atoms with E-state index >= 15 is 0 Å². The molecule has 0 heterocycles. The summed E-state index contributed by atoms with van der Waals surface area (Å²) in [7, 11) is -1.63. The Balaban J connectivity index is 1.59. The Morgan fingerprint density at radius 1 is 0.647 bits per heavy atom. The predicted molar refractivity (Wildman–Crippen MR) is 158 cm³/mol. The van der Waals surface area contributed by atoms with Crippen LogP contribution in [0.3, 0.4) is 0 Å². The molecule has 0 saturated carbocycles. The molecule has 0 nitrogen and oxygen atoms in total. The van der Waals surface area contributed by atoms with E-state index in [0.717, 1.165) is 6.42 Å². The number of allylic oxidation sites excluding steroid dienone is 4. The van der Waals surface area contributed by atoms with E-state index in [4.69, 9.17) is 0 Å². The molecule has 192 valence electrons. The summed E-state index contributed by atoms with van der Waals surface area (Å²) >= 11 is 0. The van der Waals surface area contributed by atoms with Gasteiger partial charge >= 0.3 is 0 Å². The highest BCUT2D eigenvalue weighted by atomic mass is 28.3. The number of hydrogen-bond donors (Lipinski definition) is 0. The van der Waals surface area contributed by atoms with Crippen LogP contribution < -0.4 is 5.19 Å². The topological polar surface area (TPSA) is 0 Å². The van der Waals surface area contributed by atoms with Crippen molar-refractivity contribution in [3.05, 3.63) is 53.3 Å².